The first kappa shape index (κ1) is 22.2. The summed E-state index contributed by atoms with van der Waals surface area (Å²) in [6, 6.07) is 3.31. The summed E-state index contributed by atoms with van der Waals surface area (Å²) in [4.78, 5) is 18.5. The summed E-state index contributed by atoms with van der Waals surface area (Å²) in [7, 11) is 0. The molecule has 0 aliphatic carbocycles. The van der Waals surface area contributed by atoms with Crippen molar-refractivity contribution in [1.29, 1.82) is 0 Å². The highest BCUT2D eigenvalue weighted by Crippen LogP contribution is 2.25. The van der Waals surface area contributed by atoms with Gasteiger partial charge in [-0.15, -0.1) is 24.8 Å². The van der Waals surface area contributed by atoms with Crippen LogP contribution in [0.2, 0.25) is 5.02 Å². The second-order valence-electron chi connectivity index (χ2n) is 5.99. The SMILES string of the molecule is CC(C)C[C@H](N)C(=O)NC1CCN(c2ncccc2Cl)C1.Cl.Cl. The van der Waals surface area contributed by atoms with E-state index in [1.807, 2.05) is 12.1 Å². The van der Waals surface area contributed by atoms with Crippen LogP contribution in [-0.2, 0) is 4.79 Å². The Hall–Kier alpha value is -0.750. The van der Waals surface area contributed by atoms with E-state index in [1.165, 1.54) is 0 Å². The predicted molar refractivity (Wildman–Crippen MR) is 99.9 cm³/mol. The lowest BCUT2D eigenvalue weighted by Crippen LogP contribution is -2.46. The lowest BCUT2D eigenvalue weighted by atomic mass is 10.0. The quantitative estimate of drug-likeness (QED) is 0.820. The molecule has 1 aromatic heterocycles. The maximum atomic E-state index is 12.0. The number of anilines is 1. The average molecular weight is 384 g/mol. The fourth-order valence-electron chi connectivity index (χ4n) is 2.60. The van der Waals surface area contributed by atoms with Crippen LogP contribution in [-0.4, -0.2) is 36.1 Å². The van der Waals surface area contributed by atoms with Crippen molar-refractivity contribution in [2.24, 2.45) is 11.7 Å². The minimum absolute atomic E-state index is 0. The van der Waals surface area contributed by atoms with Gasteiger partial charge >= 0.3 is 0 Å². The Morgan fingerprint density at radius 3 is 2.83 bits per heavy atom. The van der Waals surface area contributed by atoms with Crippen molar-refractivity contribution in [3.63, 3.8) is 0 Å². The van der Waals surface area contributed by atoms with Gasteiger partial charge in [-0.25, -0.2) is 4.98 Å². The lowest BCUT2D eigenvalue weighted by molar-refractivity contribution is -0.123. The van der Waals surface area contributed by atoms with Crippen molar-refractivity contribution in [2.45, 2.75) is 38.8 Å². The van der Waals surface area contributed by atoms with Gasteiger partial charge in [-0.05, 0) is 30.9 Å². The Morgan fingerprint density at radius 1 is 1.52 bits per heavy atom. The zero-order valence-corrected chi connectivity index (χ0v) is 15.8. The highest BCUT2D eigenvalue weighted by atomic mass is 35.5. The van der Waals surface area contributed by atoms with Crippen LogP contribution >= 0.6 is 36.4 Å². The summed E-state index contributed by atoms with van der Waals surface area (Å²) in [5.74, 6) is 1.13. The number of hydrogen-bond donors (Lipinski definition) is 2. The number of carbonyl (C=O) groups excluding carboxylic acids is 1. The highest BCUT2D eigenvalue weighted by Gasteiger charge is 2.27. The average Bonchev–Trinajstić information content (AvgIpc) is 2.86. The molecule has 0 bridgehead atoms. The van der Waals surface area contributed by atoms with Gasteiger partial charge in [0.05, 0.1) is 11.1 Å². The largest absolute Gasteiger partial charge is 0.353 e. The van der Waals surface area contributed by atoms with Crippen LogP contribution in [0.25, 0.3) is 0 Å². The van der Waals surface area contributed by atoms with E-state index in [2.05, 4.69) is 29.0 Å². The zero-order chi connectivity index (χ0) is 15.4. The number of amides is 1. The molecule has 1 amide bonds. The van der Waals surface area contributed by atoms with Crippen LogP contribution < -0.4 is 16.0 Å². The zero-order valence-electron chi connectivity index (χ0n) is 13.4. The van der Waals surface area contributed by atoms with Gasteiger partial charge in [-0.2, -0.15) is 0 Å². The molecule has 1 aliphatic rings. The molecule has 1 aromatic rings. The summed E-state index contributed by atoms with van der Waals surface area (Å²) in [5, 5.41) is 3.67. The molecule has 5 nitrogen and oxygen atoms in total. The molecular weight excluding hydrogens is 359 g/mol. The van der Waals surface area contributed by atoms with Crippen LogP contribution in [0.3, 0.4) is 0 Å². The van der Waals surface area contributed by atoms with E-state index >= 15 is 0 Å². The van der Waals surface area contributed by atoms with Crippen molar-refractivity contribution in [1.82, 2.24) is 10.3 Å². The molecule has 1 unspecified atom stereocenters. The van der Waals surface area contributed by atoms with Crippen molar-refractivity contribution in [3.8, 4) is 0 Å². The molecule has 3 N–H and O–H groups in total. The number of pyridine rings is 1. The van der Waals surface area contributed by atoms with E-state index in [4.69, 9.17) is 17.3 Å². The summed E-state index contributed by atoms with van der Waals surface area (Å²) < 4.78 is 0. The van der Waals surface area contributed by atoms with Crippen LogP contribution in [0.15, 0.2) is 18.3 Å². The third-order valence-electron chi connectivity index (χ3n) is 3.64. The number of carbonyl (C=O) groups is 1. The fraction of sp³-hybridized carbons (Fsp3) is 0.600. The molecule has 2 heterocycles. The Balaban J connectivity index is 0.00000242. The number of halogens is 3. The number of aromatic nitrogens is 1. The summed E-state index contributed by atoms with van der Waals surface area (Å²) in [6.45, 7) is 5.68. The van der Waals surface area contributed by atoms with Gasteiger partial charge in [0.25, 0.3) is 0 Å². The predicted octanol–water partition coefficient (Wildman–Crippen LogP) is 2.65. The third-order valence-corrected chi connectivity index (χ3v) is 3.93. The van der Waals surface area contributed by atoms with E-state index in [9.17, 15) is 4.79 Å². The lowest BCUT2D eigenvalue weighted by Gasteiger charge is -2.20. The number of nitrogens with zero attached hydrogens (tertiary/aromatic N) is 2. The maximum Gasteiger partial charge on any atom is 0.237 e. The van der Waals surface area contributed by atoms with Gasteiger partial charge in [0, 0.05) is 25.3 Å². The molecule has 0 aromatic carbocycles. The number of hydrogen-bond acceptors (Lipinski definition) is 4. The Bertz CT molecular complexity index is 501. The highest BCUT2D eigenvalue weighted by molar-refractivity contribution is 6.32. The van der Waals surface area contributed by atoms with Crippen molar-refractivity contribution < 1.29 is 4.79 Å². The van der Waals surface area contributed by atoms with Crippen LogP contribution in [0.5, 0.6) is 0 Å². The third kappa shape index (κ3) is 6.34. The van der Waals surface area contributed by atoms with Gasteiger partial charge in [-0.3, -0.25) is 4.79 Å². The van der Waals surface area contributed by atoms with Gasteiger partial charge in [0.15, 0.2) is 0 Å². The fourth-order valence-corrected chi connectivity index (χ4v) is 2.84. The van der Waals surface area contributed by atoms with Crippen LogP contribution in [0.4, 0.5) is 5.82 Å². The second kappa shape index (κ2) is 10.2. The van der Waals surface area contributed by atoms with Crippen molar-refractivity contribution in [2.75, 3.05) is 18.0 Å². The normalized spacial score (nSPS) is 18.1. The molecule has 1 saturated heterocycles. The van der Waals surface area contributed by atoms with Crippen molar-refractivity contribution in [3.05, 3.63) is 23.4 Å². The molecule has 0 saturated carbocycles. The number of rotatable bonds is 5. The minimum atomic E-state index is -0.433. The maximum absolute atomic E-state index is 12.0. The standard InChI is InChI=1S/C15H23ClN4O.2ClH/c1-10(2)8-13(17)15(21)19-11-5-7-20(9-11)14-12(16)4-3-6-18-14;;/h3-4,6,10-11,13H,5,7-9,17H2,1-2H3,(H,19,21);2*1H/t11?,13-;;/m0../s1. The van der Waals surface area contributed by atoms with E-state index in [0.29, 0.717) is 17.4 Å². The molecule has 23 heavy (non-hydrogen) atoms. The van der Waals surface area contributed by atoms with Gasteiger partial charge in [0.2, 0.25) is 5.91 Å². The Morgan fingerprint density at radius 2 is 2.22 bits per heavy atom. The molecule has 0 spiro atoms. The molecular formula is C15H25Cl3N4O. The van der Waals surface area contributed by atoms with E-state index in [-0.39, 0.29) is 36.8 Å². The molecule has 0 radical (unpaired) electrons. The Kier molecular flexibility index (Phi) is 9.85. The van der Waals surface area contributed by atoms with E-state index < -0.39 is 6.04 Å². The first-order valence-electron chi connectivity index (χ1n) is 7.38. The molecule has 8 heteroatoms. The number of nitrogens with one attached hydrogen (secondary N) is 1. The monoisotopic (exact) mass is 382 g/mol. The molecule has 2 atom stereocenters. The first-order valence-corrected chi connectivity index (χ1v) is 7.76. The summed E-state index contributed by atoms with van der Waals surface area (Å²) in [6.07, 6.45) is 3.31. The minimum Gasteiger partial charge on any atom is -0.353 e. The van der Waals surface area contributed by atoms with Gasteiger partial charge in [0.1, 0.15) is 5.82 Å². The van der Waals surface area contributed by atoms with Crippen LogP contribution in [0, 0.1) is 5.92 Å². The van der Waals surface area contributed by atoms with Gasteiger partial charge in [-0.1, -0.05) is 25.4 Å². The molecule has 1 aliphatic heterocycles. The topological polar surface area (TPSA) is 71.2 Å². The van der Waals surface area contributed by atoms with Crippen molar-refractivity contribution >= 4 is 48.1 Å². The van der Waals surface area contributed by atoms with E-state index in [0.717, 1.165) is 25.3 Å². The molecule has 2 rings (SSSR count). The molecule has 132 valence electrons. The first-order chi connectivity index (χ1) is 9.97. The summed E-state index contributed by atoms with van der Waals surface area (Å²) >= 11 is 6.15. The Labute approximate surface area is 155 Å². The smallest absolute Gasteiger partial charge is 0.237 e. The van der Waals surface area contributed by atoms with Crippen LogP contribution in [0.1, 0.15) is 26.7 Å². The summed E-state index contributed by atoms with van der Waals surface area (Å²) in [5.41, 5.74) is 5.91. The van der Waals surface area contributed by atoms with E-state index in [1.54, 1.807) is 6.20 Å². The second-order valence-corrected chi connectivity index (χ2v) is 6.39. The molecule has 1 fully saturated rings. The number of nitrogens with two attached hydrogens (primary N) is 1. The van der Waals surface area contributed by atoms with Gasteiger partial charge < -0.3 is 16.0 Å².